The molecule has 36 heavy (non-hydrogen) atoms. The van der Waals surface area contributed by atoms with Crippen molar-refractivity contribution in [2.75, 3.05) is 10.8 Å². The van der Waals surface area contributed by atoms with E-state index in [4.69, 9.17) is 27.9 Å². The molecule has 1 heterocycles. The van der Waals surface area contributed by atoms with E-state index >= 15 is 0 Å². The highest BCUT2D eigenvalue weighted by molar-refractivity contribution is 7.92. The summed E-state index contributed by atoms with van der Waals surface area (Å²) in [4.78, 5) is 16.8. The Kier molecular flexibility index (Phi) is 7.27. The highest BCUT2D eigenvalue weighted by Crippen LogP contribution is 2.32. The van der Waals surface area contributed by atoms with Crippen molar-refractivity contribution in [3.63, 3.8) is 0 Å². The largest absolute Gasteiger partial charge is 0.459 e. The van der Waals surface area contributed by atoms with E-state index < -0.39 is 28.1 Å². The third-order valence-electron chi connectivity index (χ3n) is 5.22. The fourth-order valence-corrected chi connectivity index (χ4v) is 5.84. The summed E-state index contributed by atoms with van der Waals surface area (Å²) in [6, 6.07) is 18.9. The summed E-state index contributed by atoms with van der Waals surface area (Å²) in [5.41, 5.74) is 1.47. The molecule has 0 amide bonds. The number of pyridine rings is 1. The molecule has 3 aromatic carbocycles. The van der Waals surface area contributed by atoms with Gasteiger partial charge in [-0.05, 0) is 79.6 Å². The molecule has 6 nitrogen and oxygen atoms in total. The van der Waals surface area contributed by atoms with Crippen molar-refractivity contribution in [1.29, 1.82) is 0 Å². The van der Waals surface area contributed by atoms with E-state index in [2.05, 4.69) is 4.98 Å². The van der Waals surface area contributed by atoms with Crippen LogP contribution in [0.1, 0.15) is 20.8 Å². The predicted molar refractivity (Wildman–Crippen MR) is 144 cm³/mol. The molecule has 186 valence electrons. The molecule has 4 aromatic rings. The number of esters is 1. The van der Waals surface area contributed by atoms with Gasteiger partial charge in [0.1, 0.15) is 12.1 Å². The fraction of sp³-hybridized carbons (Fsp3) is 0.185. The van der Waals surface area contributed by atoms with Gasteiger partial charge in [0.2, 0.25) is 0 Å². The molecule has 0 aliphatic rings. The molecular formula is C27H24Cl2N2O4S. The Morgan fingerprint density at radius 1 is 0.917 bits per heavy atom. The smallest absolute Gasteiger partial charge is 0.327 e. The minimum atomic E-state index is -4.21. The van der Waals surface area contributed by atoms with Crippen LogP contribution in [0.3, 0.4) is 0 Å². The maximum absolute atomic E-state index is 13.7. The molecule has 4 rings (SSSR count). The summed E-state index contributed by atoms with van der Waals surface area (Å²) in [6.07, 6.45) is 3.49. The summed E-state index contributed by atoms with van der Waals surface area (Å²) in [7, 11) is -4.21. The number of benzene rings is 3. The average molecular weight is 543 g/mol. The number of ether oxygens (including phenoxy) is 1. The van der Waals surface area contributed by atoms with Crippen LogP contribution in [0.4, 0.5) is 5.69 Å². The van der Waals surface area contributed by atoms with E-state index in [1.54, 1.807) is 45.3 Å². The van der Waals surface area contributed by atoms with Crippen LogP contribution in [-0.2, 0) is 19.6 Å². The van der Waals surface area contributed by atoms with Gasteiger partial charge in [-0.25, -0.2) is 8.42 Å². The Morgan fingerprint density at radius 3 is 2.22 bits per heavy atom. The lowest BCUT2D eigenvalue weighted by atomic mass is 10.0. The van der Waals surface area contributed by atoms with Gasteiger partial charge in [-0.2, -0.15) is 0 Å². The number of rotatable bonds is 6. The molecule has 0 atom stereocenters. The van der Waals surface area contributed by atoms with Gasteiger partial charge in [0.05, 0.1) is 10.6 Å². The molecule has 1 aromatic heterocycles. The van der Waals surface area contributed by atoms with Gasteiger partial charge in [0, 0.05) is 28.0 Å². The average Bonchev–Trinajstić information content (AvgIpc) is 2.80. The molecule has 0 aliphatic carbocycles. The first-order valence-electron chi connectivity index (χ1n) is 11.1. The van der Waals surface area contributed by atoms with Gasteiger partial charge < -0.3 is 4.74 Å². The Labute approximate surface area is 220 Å². The molecule has 0 N–H and O–H groups in total. The zero-order valence-corrected chi connectivity index (χ0v) is 22.2. The first-order chi connectivity index (χ1) is 16.9. The van der Waals surface area contributed by atoms with Crippen molar-refractivity contribution in [3.8, 4) is 11.1 Å². The quantitative estimate of drug-likeness (QED) is 0.252. The number of fused-ring (bicyclic) bond motifs is 1. The van der Waals surface area contributed by atoms with Crippen LogP contribution < -0.4 is 4.31 Å². The van der Waals surface area contributed by atoms with E-state index in [1.807, 2.05) is 36.4 Å². The minimum Gasteiger partial charge on any atom is -0.459 e. The van der Waals surface area contributed by atoms with Gasteiger partial charge in [0.15, 0.2) is 0 Å². The van der Waals surface area contributed by atoms with Crippen LogP contribution in [0.2, 0.25) is 10.0 Å². The highest BCUT2D eigenvalue weighted by atomic mass is 35.5. The van der Waals surface area contributed by atoms with E-state index in [0.717, 1.165) is 26.2 Å². The fourth-order valence-electron chi connectivity index (χ4n) is 3.71. The summed E-state index contributed by atoms with van der Waals surface area (Å²) in [6.45, 7) is 4.63. The van der Waals surface area contributed by atoms with Gasteiger partial charge >= 0.3 is 5.97 Å². The predicted octanol–water partition coefficient (Wildman–Crippen LogP) is 6.75. The molecule has 0 radical (unpaired) electrons. The molecule has 0 aliphatic heterocycles. The number of nitrogens with zero attached hydrogens (tertiary/aromatic N) is 2. The van der Waals surface area contributed by atoms with Crippen molar-refractivity contribution in [1.82, 2.24) is 4.98 Å². The summed E-state index contributed by atoms with van der Waals surface area (Å²) < 4.78 is 33.8. The lowest BCUT2D eigenvalue weighted by molar-refractivity contribution is -0.152. The summed E-state index contributed by atoms with van der Waals surface area (Å²) in [5, 5.41) is 2.04. The molecule has 0 saturated carbocycles. The SMILES string of the molecule is CC(C)(C)OC(=O)CN(c1ccc2cc(-c3cccnc3)ccc2c1)S(=O)(=O)c1cc(Cl)cc(Cl)c1. The molecular weight excluding hydrogens is 519 g/mol. The number of halogens is 2. The molecule has 0 spiro atoms. The second-order valence-corrected chi connectivity index (χ2v) is 11.9. The Hall–Kier alpha value is -3.13. The zero-order chi connectivity index (χ0) is 26.1. The van der Waals surface area contributed by atoms with Crippen LogP contribution in [0.5, 0.6) is 0 Å². The van der Waals surface area contributed by atoms with Crippen LogP contribution in [-0.4, -0.2) is 31.5 Å². The maximum atomic E-state index is 13.7. The van der Waals surface area contributed by atoms with Crippen LogP contribution in [0.15, 0.2) is 84.0 Å². The number of carbonyl (C=O) groups excluding carboxylic acids is 1. The first kappa shape index (κ1) is 25.9. The van der Waals surface area contributed by atoms with E-state index in [9.17, 15) is 13.2 Å². The lowest BCUT2D eigenvalue weighted by Gasteiger charge is -2.26. The third-order valence-corrected chi connectivity index (χ3v) is 7.41. The van der Waals surface area contributed by atoms with E-state index in [1.165, 1.54) is 18.2 Å². The minimum absolute atomic E-state index is 0.129. The Balaban J connectivity index is 1.78. The van der Waals surface area contributed by atoms with Crippen molar-refractivity contribution < 1.29 is 17.9 Å². The molecule has 0 bridgehead atoms. The van der Waals surface area contributed by atoms with Gasteiger partial charge in [-0.1, -0.05) is 47.5 Å². The number of sulfonamides is 1. The summed E-state index contributed by atoms with van der Waals surface area (Å²) in [5.74, 6) is -0.689. The first-order valence-corrected chi connectivity index (χ1v) is 13.3. The molecule has 9 heteroatoms. The van der Waals surface area contributed by atoms with E-state index in [-0.39, 0.29) is 14.9 Å². The van der Waals surface area contributed by atoms with Crippen molar-refractivity contribution in [2.24, 2.45) is 0 Å². The molecule has 0 saturated heterocycles. The lowest BCUT2D eigenvalue weighted by Crippen LogP contribution is -2.39. The number of anilines is 1. The second-order valence-electron chi connectivity index (χ2n) is 9.19. The number of carbonyl (C=O) groups is 1. The van der Waals surface area contributed by atoms with Crippen LogP contribution in [0, 0.1) is 0 Å². The topological polar surface area (TPSA) is 76.6 Å². The second kappa shape index (κ2) is 10.1. The molecule has 0 unspecified atom stereocenters. The Morgan fingerprint density at radius 2 is 1.58 bits per heavy atom. The van der Waals surface area contributed by atoms with Crippen LogP contribution >= 0.6 is 23.2 Å². The normalized spacial score (nSPS) is 11.9. The van der Waals surface area contributed by atoms with Crippen molar-refractivity contribution in [2.45, 2.75) is 31.3 Å². The van der Waals surface area contributed by atoms with Gasteiger partial charge in [0.25, 0.3) is 10.0 Å². The number of hydrogen-bond donors (Lipinski definition) is 0. The summed E-state index contributed by atoms with van der Waals surface area (Å²) >= 11 is 12.2. The monoisotopic (exact) mass is 542 g/mol. The zero-order valence-electron chi connectivity index (χ0n) is 19.9. The Bertz CT molecular complexity index is 1510. The number of aromatic nitrogens is 1. The van der Waals surface area contributed by atoms with Gasteiger partial charge in [-0.3, -0.25) is 14.1 Å². The highest BCUT2D eigenvalue weighted by Gasteiger charge is 2.30. The third kappa shape index (κ3) is 5.98. The van der Waals surface area contributed by atoms with Crippen molar-refractivity contribution >= 4 is 55.7 Å². The maximum Gasteiger partial charge on any atom is 0.327 e. The van der Waals surface area contributed by atoms with Crippen LogP contribution in [0.25, 0.3) is 21.9 Å². The standard InChI is InChI=1S/C27H24Cl2N2O4S/c1-27(2,3)35-26(32)17-31(36(33,34)25-14-22(28)13-23(29)15-25)24-9-8-18-11-19(6-7-20(18)12-24)21-5-4-10-30-16-21/h4-16H,17H2,1-3H3. The van der Waals surface area contributed by atoms with Gasteiger partial charge in [-0.15, -0.1) is 0 Å². The van der Waals surface area contributed by atoms with E-state index in [0.29, 0.717) is 5.69 Å². The van der Waals surface area contributed by atoms with Crippen molar-refractivity contribution in [3.05, 3.63) is 89.2 Å². The molecule has 0 fully saturated rings. The number of hydrogen-bond acceptors (Lipinski definition) is 5.